The van der Waals surface area contributed by atoms with Crippen molar-refractivity contribution < 1.29 is 8.42 Å². The van der Waals surface area contributed by atoms with Crippen molar-refractivity contribution in [2.24, 2.45) is 4.99 Å². The molecule has 0 aromatic carbocycles. The van der Waals surface area contributed by atoms with E-state index in [-0.39, 0.29) is 24.0 Å². The van der Waals surface area contributed by atoms with E-state index in [0.29, 0.717) is 19.1 Å². The van der Waals surface area contributed by atoms with E-state index in [1.807, 2.05) is 11.8 Å². The monoisotopic (exact) mass is 450 g/mol. The molecule has 0 aliphatic heterocycles. The van der Waals surface area contributed by atoms with Crippen molar-refractivity contribution in [3.8, 4) is 0 Å². The minimum Gasteiger partial charge on any atom is -0.356 e. The predicted octanol–water partition coefficient (Wildman–Crippen LogP) is 0.993. The number of halogens is 1. The molecule has 1 aliphatic carbocycles. The van der Waals surface area contributed by atoms with Crippen LogP contribution in [0.15, 0.2) is 4.99 Å². The first-order chi connectivity index (χ1) is 9.44. The molecule has 0 spiro atoms. The maximum Gasteiger partial charge on any atom is 0.208 e. The van der Waals surface area contributed by atoms with Crippen LogP contribution >= 0.6 is 35.7 Å². The number of aliphatic imine (C=N–C) groups is 1. The topological polar surface area (TPSA) is 82.6 Å². The highest BCUT2D eigenvalue weighted by Crippen LogP contribution is 2.27. The molecule has 0 amide bonds. The molecular formula is C12H27IN4O2S2. The highest BCUT2D eigenvalue weighted by Gasteiger charge is 2.24. The fourth-order valence-electron chi connectivity index (χ4n) is 2.23. The zero-order chi connectivity index (χ0) is 15.0. The van der Waals surface area contributed by atoms with E-state index in [1.54, 1.807) is 7.05 Å². The Morgan fingerprint density at radius 1 is 1.33 bits per heavy atom. The summed E-state index contributed by atoms with van der Waals surface area (Å²) in [5.41, 5.74) is 0. The standard InChI is InChI=1S/C12H26N4O2S2.HI/c1-13-12(14-7-4-8-15-20(3,17)18)16-10-5-6-11(9-10)19-2;/h10-11,15H,4-9H2,1-3H3,(H2,13,14,16);1H. The van der Waals surface area contributed by atoms with Gasteiger partial charge < -0.3 is 10.6 Å². The summed E-state index contributed by atoms with van der Waals surface area (Å²) in [4.78, 5) is 4.20. The SMILES string of the molecule is CN=C(NCCCNS(C)(=O)=O)NC1CCC(SC)C1.I. The van der Waals surface area contributed by atoms with Crippen molar-refractivity contribution >= 4 is 51.7 Å². The van der Waals surface area contributed by atoms with Gasteiger partial charge in [-0.15, -0.1) is 24.0 Å². The maximum absolute atomic E-state index is 10.9. The van der Waals surface area contributed by atoms with Crippen molar-refractivity contribution in [2.75, 3.05) is 32.6 Å². The fraction of sp³-hybridized carbons (Fsp3) is 0.917. The Balaban J connectivity index is 0.00000400. The van der Waals surface area contributed by atoms with Crippen LogP contribution in [0, 0.1) is 0 Å². The Hall–Kier alpha value is 0.260. The molecule has 1 rings (SSSR count). The minimum atomic E-state index is -3.08. The first-order valence-electron chi connectivity index (χ1n) is 6.89. The molecule has 9 heteroatoms. The van der Waals surface area contributed by atoms with Gasteiger partial charge in [-0.2, -0.15) is 11.8 Å². The maximum atomic E-state index is 10.9. The summed E-state index contributed by atoms with van der Waals surface area (Å²) >= 11 is 1.93. The normalized spacial score (nSPS) is 22.7. The third-order valence-electron chi connectivity index (χ3n) is 3.29. The second-order valence-corrected chi connectivity index (χ2v) is 8.00. The number of sulfonamides is 1. The number of guanidine groups is 1. The summed E-state index contributed by atoms with van der Waals surface area (Å²) in [6.45, 7) is 1.14. The molecule has 0 saturated heterocycles. The Labute approximate surface area is 149 Å². The number of hydrogen-bond acceptors (Lipinski definition) is 4. The van der Waals surface area contributed by atoms with Crippen LogP contribution in [0.5, 0.6) is 0 Å². The fourth-order valence-corrected chi connectivity index (χ4v) is 3.54. The molecular weight excluding hydrogens is 423 g/mol. The molecule has 1 aliphatic rings. The average molecular weight is 450 g/mol. The third-order valence-corrected chi connectivity index (χ3v) is 5.12. The molecule has 0 aromatic rings. The van der Waals surface area contributed by atoms with Gasteiger partial charge in [0.2, 0.25) is 10.0 Å². The number of hydrogen-bond donors (Lipinski definition) is 3. The number of thioether (sulfide) groups is 1. The Bertz CT molecular complexity index is 417. The van der Waals surface area contributed by atoms with Gasteiger partial charge in [0.15, 0.2) is 5.96 Å². The van der Waals surface area contributed by atoms with Crippen LogP contribution in [0.3, 0.4) is 0 Å². The van der Waals surface area contributed by atoms with Gasteiger partial charge in [0.05, 0.1) is 6.26 Å². The summed E-state index contributed by atoms with van der Waals surface area (Å²) < 4.78 is 24.3. The Kier molecular flexibility index (Phi) is 11.0. The van der Waals surface area contributed by atoms with E-state index in [9.17, 15) is 8.42 Å². The molecule has 3 N–H and O–H groups in total. The molecule has 21 heavy (non-hydrogen) atoms. The highest BCUT2D eigenvalue weighted by atomic mass is 127. The van der Waals surface area contributed by atoms with Crippen molar-refractivity contribution in [1.82, 2.24) is 15.4 Å². The molecule has 0 heterocycles. The van der Waals surface area contributed by atoms with Crippen molar-refractivity contribution in [2.45, 2.75) is 37.0 Å². The first kappa shape index (κ1) is 21.3. The lowest BCUT2D eigenvalue weighted by atomic mass is 10.2. The largest absolute Gasteiger partial charge is 0.356 e. The molecule has 0 aromatic heterocycles. The van der Waals surface area contributed by atoms with Crippen molar-refractivity contribution in [3.05, 3.63) is 0 Å². The van der Waals surface area contributed by atoms with Crippen molar-refractivity contribution in [1.29, 1.82) is 0 Å². The molecule has 0 radical (unpaired) electrons. The molecule has 0 bridgehead atoms. The lowest BCUT2D eigenvalue weighted by Gasteiger charge is -2.17. The van der Waals surface area contributed by atoms with Crippen LogP contribution < -0.4 is 15.4 Å². The van der Waals surface area contributed by atoms with Gasteiger partial charge in [0.25, 0.3) is 0 Å². The number of nitrogens with zero attached hydrogens (tertiary/aromatic N) is 1. The molecule has 1 fully saturated rings. The van der Waals surface area contributed by atoms with Crippen LogP contribution in [0.2, 0.25) is 0 Å². The second-order valence-electron chi connectivity index (χ2n) is 5.03. The van der Waals surface area contributed by atoms with E-state index in [4.69, 9.17) is 0 Å². The van der Waals surface area contributed by atoms with E-state index in [2.05, 4.69) is 26.6 Å². The van der Waals surface area contributed by atoms with Gasteiger partial charge in [-0.1, -0.05) is 0 Å². The van der Waals surface area contributed by atoms with Gasteiger partial charge >= 0.3 is 0 Å². The summed E-state index contributed by atoms with van der Waals surface area (Å²) in [5, 5.41) is 7.39. The zero-order valence-corrected chi connectivity index (χ0v) is 16.8. The van der Waals surface area contributed by atoms with Crippen LogP contribution in [0.1, 0.15) is 25.7 Å². The minimum absolute atomic E-state index is 0. The second kappa shape index (κ2) is 10.9. The summed E-state index contributed by atoms with van der Waals surface area (Å²) in [6.07, 6.45) is 7.68. The lowest BCUT2D eigenvalue weighted by molar-refractivity contribution is 0.583. The smallest absolute Gasteiger partial charge is 0.208 e. The highest BCUT2D eigenvalue weighted by molar-refractivity contribution is 14.0. The quantitative estimate of drug-likeness (QED) is 0.233. The summed E-state index contributed by atoms with van der Waals surface area (Å²) in [5.74, 6) is 0.802. The van der Waals surface area contributed by atoms with Gasteiger partial charge in [-0.25, -0.2) is 13.1 Å². The molecule has 6 nitrogen and oxygen atoms in total. The van der Waals surface area contributed by atoms with E-state index >= 15 is 0 Å². The van der Waals surface area contributed by atoms with Crippen LogP contribution in [-0.4, -0.2) is 58.3 Å². The third kappa shape index (κ3) is 9.80. The van der Waals surface area contributed by atoms with Gasteiger partial charge in [0.1, 0.15) is 0 Å². The van der Waals surface area contributed by atoms with Crippen molar-refractivity contribution in [3.63, 3.8) is 0 Å². The van der Waals surface area contributed by atoms with Crippen LogP contribution in [0.4, 0.5) is 0 Å². The first-order valence-corrected chi connectivity index (χ1v) is 10.1. The van der Waals surface area contributed by atoms with Crippen LogP contribution in [0.25, 0.3) is 0 Å². The molecule has 1 saturated carbocycles. The molecule has 2 unspecified atom stereocenters. The zero-order valence-electron chi connectivity index (χ0n) is 12.9. The van der Waals surface area contributed by atoms with Gasteiger partial charge in [-0.3, -0.25) is 4.99 Å². The number of rotatable bonds is 7. The predicted molar refractivity (Wildman–Crippen MR) is 102 cm³/mol. The number of nitrogens with one attached hydrogen (secondary N) is 3. The van der Waals surface area contributed by atoms with E-state index < -0.39 is 10.0 Å². The van der Waals surface area contributed by atoms with Gasteiger partial charge in [0, 0.05) is 31.4 Å². The molecule has 2 atom stereocenters. The van der Waals surface area contributed by atoms with Gasteiger partial charge in [-0.05, 0) is 31.9 Å². The summed E-state index contributed by atoms with van der Waals surface area (Å²) in [7, 11) is -1.33. The summed E-state index contributed by atoms with van der Waals surface area (Å²) in [6, 6.07) is 0.493. The Morgan fingerprint density at radius 3 is 2.57 bits per heavy atom. The van der Waals surface area contributed by atoms with Crippen LogP contribution in [-0.2, 0) is 10.0 Å². The molecule has 126 valence electrons. The van der Waals surface area contributed by atoms with E-state index in [0.717, 1.165) is 17.6 Å². The average Bonchev–Trinajstić information content (AvgIpc) is 2.83. The van der Waals surface area contributed by atoms with E-state index in [1.165, 1.54) is 25.5 Å². The Morgan fingerprint density at radius 2 is 2.05 bits per heavy atom. The lowest BCUT2D eigenvalue weighted by Crippen LogP contribution is -2.43.